The molecule has 0 atom stereocenters. The maximum Gasteiger partial charge on any atom is 0.354 e. The lowest BCUT2D eigenvalue weighted by Gasteiger charge is -2.37. The van der Waals surface area contributed by atoms with Crippen molar-refractivity contribution in [3.63, 3.8) is 0 Å². The van der Waals surface area contributed by atoms with Crippen LogP contribution in [0.1, 0.15) is 64.0 Å². The van der Waals surface area contributed by atoms with Crippen molar-refractivity contribution in [3.8, 4) is 5.69 Å². The summed E-state index contributed by atoms with van der Waals surface area (Å²) in [4.78, 5) is 41.7. The number of aromatic nitrogens is 2. The van der Waals surface area contributed by atoms with Crippen LogP contribution < -0.4 is 33.1 Å². The summed E-state index contributed by atoms with van der Waals surface area (Å²) in [5.41, 5.74) is 17.7. The monoisotopic (exact) mass is 556 g/mol. The molecular weight excluding hydrogens is 508 g/mol. The average Bonchev–Trinajstić information content (AvgIpc) is 2.93. The van der Waals surface area contributed by atoms with Crippen LogP contribution in [0, 0.1) is 6.92 Å². The van der Waals surface area contributed by atoms with Crippen molar-refractivity contribution < 1.29 is 9.59 Å². The summed E-state index contributed by atoms with van der Waals surface area (Å²) >= 11 is 0. The first-order chi connectivity index (χ1) is 19.0. The Morgan fingerprint density at radius 3 is 2.23 bits per heavy atom. The van der Waals surface area contributed by atoms with E-state index in [0.29, 0.717) is 38.0 Å². The Balaban J connectivity index is 0.000000474. The number of nitrogens with two attached hydrogens (primary N) is 3. The number of hydrogen-bond donors (Lipinski definition) is 4. The van der Waals surface area contributed by atoms with Gasteiger partial charge in [-0.15, -0.1) is 0 Å². The van der Waals surface area contributed by atoms with E-state index < -0.39 is 5.54 Å². The molecule has 1 saturated heterocycles. The van der Waals surface area contributed by atoms with Gasteiger partial charge in [0, 0.05) is 45.0 Å². The quantitative estimate of drug-likeness (QED) is 0.388. The Morgan fingerprint density at radius 2 is 1.75 bits per heavy atom. The summed E-state index contributed by atoms with van der Waals surface area (Å²) in [5, 5.41) is 3.32. The standard InChI is InChI=1S/C22H32N6O2.C6H13N.CH3NO/c1-5-24-15-17-6-7-18(14-16(17)2)28-9-8-19(25-21(28)30)26-10-12-27(13-11-26)20(29)22(3,4)23;7-6-4-2-1-3-5-6;2-1-3/h6-9,14,24H,5,10-13,15,23H2,1-4H3;6H,1-5,7H2;1H,(H2,2,3). The van der Waals surface area contributed by atoms with Gasteiger partial charge in [-0.25, -0.2) is 4.79 Å². The van der Waals surface area contributed by atoms with E-state index in [1.165, 1.54) is 37.7 Å². The minimum absolute atomic E-state index is 0.0570. The van der Waals surface area contributed by atoms with Crippen LogP contribution in [0.15, 0.2) is 35.3 Å². The molecule has 2 aromatic rings. The number of aryl methyl sites for hydroxylation is 1. The lowest BCUT2D eigenvalue weighted by atomic mass is 9.97. The molecule has 2 fully saturated rings. The predicted octanol–water partition coefficient (Wildman–Crippen LogP) is 1.42. The van der Waals surface area contributed by atoms with Crippen LogP contribution in [0.5, 0.6) is 0 Å². The molecule has 0 spiro atoms. The Morgan fingerprint density at radius 1 is 1.12 bits per heavy atom. The average molecular weight is 557 g/mol. The number of hydrogen-bond acceptors (Lipinski definition) is 8. The fourth-order valence-electron chi connectivity index (χ4n) is 4.73. The molecular formula is C29H48N8O3. The van der Waals surface area contributed by atoms with Gasteiger partial charge in [0.15, 0.2) is 0 Å². The number of primary amides is 1. The second-order valence-corrected chi connectivity index (χ2v) is 10.9. The van der Waals surface area contributed by atoms with Crippen molar-refractivity contribution in [2.45, 2.75) is 77.9 Å². The van der Waals surface area contributed by atoms with E-state index in [1.807, 2.05) is 36.1 Å². The third-order valence-electron chi connectivity index (χ3n) is 7.05. The molecule has 0 radical (unpaired) electrons. The Hall–Kier alpha value is -3.28. The molecule has 2 heterocycles. The lowest BCUT2D eigenvalue weighted by molar-refractivity contribution is -0.136. The number of amides is 2. The highest BCUT2D eigenvalue weighted by atomic mass is 16.2. The second kappa shape index (κ2) is 16.1. The molecule has 0 unspecified atom stereocenters. The van der Waals surface area contributed by atoms with Gasteiger partial charge in [0.05, 0.1) is 11.2 Å². The number of rotatable bonds is 6. The Labute approximate surface area is 238 Å². The van der Waals surface area contributed by atoms with E-state index in [-0.39, 0.29) is 18.0 Å². The summed E-state index contributed by atoms with van der Waals surface area (Å²) in [7, 11) is 0. The van der Waals surface area contributed by atoms with Gasteiger partial charge in [0.2, 0.25) is 12.3 Å². The van der Waals surface area contributed by atoms with E-state index in [9.17, 15) is 9.59 Å². The fourth-order valence-corrected chi connectivity index (χ4v) is 4.73. The second-order valence-electron chi connectivity index (χ2n) is 10.9. The molecule has 2 aliphatic rings. The molecule has 40 heavy (non-hydrogen) atoms. The molecule has 1 aromatic heterocycles. The van der Waals surface area contributed by atoms with E-state index in [4.69, 9.17) is 16.3 Å². The molecule has 1 aliphatic heterocycles. The SMILES string of the molecule is CCNCc1ccc(-n2ccc(N3CCN(C(=O)C(C)(C)N)CC3)nc2=O)cc1C.NC1CCCCC1.NC=O. The number of piperazine rings is 1. The van der Waals surface area contributed by atoms with Crippen molar-refractivity contribution >= 4 is 18.1 Å². The Bertz CT molecular complexity index is 1130. The van der Waals surface area contributed by atoms with Crippen LogP contribution in [0.3, 0.4) is 0 Å². The van der Waals surface area contributed by atoms with E-state index in [2.05, 4.69) is 23.0 Å². The minimum atomic E-state index is -0.874. The molecule has 11 nitrogen and oxygen atoms in total. The third-order valence-corrected chi connectivity index (χ3v) is 7.05. The number of nitrogens with one attached hydrogen (secondary N) is 1. The highest BCUT2D eigenvalue weighted by Gasteiger charge is 2.30. The number of carbonyl (C=O) groups excluding carboxylic acids is 2. The van der Waals surface area contributed by atoms with Gasteiger partial charge in [0.1, 0.15) is 5.82 Å². The molecule has 2 amide bonds. The van der Waals surface area contributed by atoms with Gasteiger partial charge in [-0.2, -0.15) is 4.98 Å². The van der Waals surface area contributed by atoms with E-state index >= 15 is 0 Å². The maximum absolute atomic E-state index is 12.7. The van der Waals surface area contributed by atoms with Crippen molar-refractivity contribution in [2.24, 2.45) is 17.2 Å². The summed E-state index contributed by atoms with van der Waals surface area (Å²) < 4.78 is 1.56. The molecule has 1 aromatic carbocycles. The van der Waals surface area contributed by atoms with Gasteiger partial charge in [-0.05, 0) is 69.5 Å². The van der Waals surface area contributed by atoms with E-state index in [0.717, 1.165) is 24.3 Å². The molecule has 1 aliphatic carbocycles. The third kappa shape index (κ3) is 10.0. The molecule has 11 heteroatoms. The molecule has 0 bridgehead atoms. The van der Waals surface area contributed by atoms with Gasteiger partial charge in [0.25, 0.3) is 0 Å². The van der Waals surface area contributed by atoms with Crippen LogP contribution in [-0.2, 0) is 16.1 Å². The fraction of sp³-hybridized carbons (Fsp3) is 0.586. The van der Waals surface area contributed by atoms with Crippen LogP contribution in [0.25, 0.3) is 5.69 Å². The zero-order valence-corrected chi connectivity index (χ0v) is 24.6. The summed E-state index contributed by atoms with van der Waals surface area (Å²) in [6, 6.07) is 8.39. The first-order valence-electron chi connectivity index (χ1n) is 14.2. The minimum Gasteiger partial charge on any atom is -0.372 e. The molecule has 7 N–H and O–H groups in total. The van der Waals surface area contributed by atoms with Crippen molar-refractivity contribution in [1.82, 2.24) is 19.8 Å². The van der Waals surface area contributed by atoms with Gasteiger partial charge in [-0.1, -0.05) is 32.3 Å². The summed E-state index contributed by atoms with van der Waals surface area (Å²) in [6.07, 6.45) is 8.68. The van der Waals surface area contributed by atoms with Crippen molar-refractivity contribution in [1.29, 1.82) is 0 Å². The molecule has 222 valence electrons. The van der Waals surface area contributed by atoms with E-state index in [1.54, 1.807) is 29.5 Å². The highest BCUT2D eigenvalue weighted by molar-refractivity contribution is 5.85. The first-order valence-corrected chi connectivity index (χ1v) is 14.2. The maximum atomic E-state index is 12.7. The van der Waals surface area contributed by atoms with Gasteiger partial charge in [-0.3, -0.25) is 14.2 Å². The summed E-state index contributed by atoms with van der Waals surface area (Å²) in [5.74, 6) is 0.578. The van der Waals surface area contributed by atoms with Crippen LogP contribution >= 0.6 is 0 Å². The van der Waals surface area contributed by atoms with Gasteiger partial charge < -0.3 is 32.3 Å². The zero-order chi connectivity index (χ0) is 29.7. The van der Waals surface area contributed by atoms with Crippen LogP contribution in [-0.4, -0.2) is 71.1 Å². The van der Waals surface area contributed by atoms with Crippen molar-refractivity contribution in [2.75, 3.05) is 37.6 Å². The van der Waals surface area contributed by atoms with Crippen LogP contribution in [0.4, 0.5) is 5.82 Å². The first kappa shape index (κ1) is 32.9. The highest BCUT2D eigenvalue weighted by Crippen LogP contribution is 2.17. The number of nitrogens with zero attached hydrogens (tertiary/aromatic N) is 4. The number of anilines is 1. The predicted molar refractivity (Wildman–Crippen MR) is 160 cm³/mol. The van der Waals surface area contributed by atoms with Crippen molar-refractivity contribution in [3.05, 3.63) is 52.1 Å². The topological polar surface area (TPSA) is 166 Å². The van der Waals surface area contributed by atoms with Gasteiger partial charge >= 0.3 is 5.69 Å². The Kier molecular flexibility index (Phi) is 13.3. The lowest BCUT2D eigenvalue weighted by Crippen LogP contribution is -2.57. The molecule has 1 saturated carbocycles. The zero-order valence-electron chi connectivity index (χ0n) is 24.6. The largest absolute Gasteiger partial charge is 0.372 e. The number of benzene rings is 1. The smallest absolute Gasteiger partial charge is 0.354 e. The summed E-state index contributed by atoms with van der Waals surface area (Å²) in [6.45, 7) is 11.7. The molecule has 4 rings (SSSR count). The van der Waals surface area contributed by atoms with Crippen LogP contribution in [0.2, 0.25) is 0 Å². The number of carbonyl (C=O) groups is 2. The normalized spacial score (nSPS) is 15.8.